The zero-order valence-electron chi connectivity index (χ0n) is 8.83. The van der Waals surface area contributed by atoms with E-state index in [1.807, 2.05) is 0 Å². The number of hydrogen-bond acceptors (Lipinski definition) is 3. The Labute approximate surface area is 91.0 Å². The summed E-state index contributed by atoms with van der Waals surface area (Å²) in [7, 11) is 2.67. The lowest BCUT2D eigenvalue weighted by Crippen LogP contribution is -2.00. The van der Waals surface area contributed by atoms with Crippen molar-refractivity contribution in [1.29, 1.82) is 0 Å². The van der Waals surface area contributed by atoms with E-state index in [0.717, 1.165) is 0 Å². The van der Waals surface area contributed by atoms with Crippen LogP contribution in [0.15, 0.2) is 18.2 Å². The van der Waals surface area contributed by atoms with Gasteiger partial charge in [0.1, 0.15) is 5.69 Å². The van der Waals surface area contributed by atoms with Gasteiger partial charge in [-0.1, -0.05) is 0 Å². The first-order valence-corrected chi connectivity index (χ1v) is 4.60. The molecule has 0 unspecified atom stereocenters. The molecule has 0 atom stereocenters. The summed E-state index contributed by atoms with van der Waals surface area (Å²) in [5, 5.41) is 0.693. The van der Waals surface area contributed by atoms with Crippen LogP contribution in [0.3, 0.4) is 0 Å². The molecule has 16 heavy (non-hydrogen) atoms. The molecule has 0 amide bonds. The third-order valence-electron chi connectivity index (χ3n) is 2.30. The molecular formula is C11H10FNO3. The molecule has 5 heteroatoms. The van der Waals surface area contributed by atoms with Crippen molar-refractivity contribution in [2.24, 2.45) is 0 Å². The van der Waals surface area contributed by atoms with Crippen molar-refractivity contribution >= 4 is 16.9 Å². The molecule has 0 bridgehead atoms. The molecule has 2 rings (SSSR count). The van der Waals surface area contributed by atoms with Crippen LogP contribution in [-0.2, 0) is 4.74 Å². The van der Waals surface area contributed by atoms with Crippen LogP contribution >= 0.6 is 0 Å². The summed E-state index contributed by atoms with van der Waals surface area (Å²) in [5.41, 5.74) is 0.809. The molecule has 0 aliphatic rings. The summed E-state index contributed by atoms with van der Waals surface area (Å²) < 4.78 is 22.8. The second-order valence-electron chi connectivity index (χ2n) is 3.25. The van der Waals surface area contributed by atoms with Crippen LogP contribution in [0.2, 0.25) is 0 Å². The number of methoxy groups -OCH3 is 2. The SMILES string of the molecule is COC(=O)c1cc2cc(OC)c(F)cc2[nH]1. The maximum atomic E-state index is 13.4. The van der Waals surface area contributed by atoms with Gasteiger partial charge in [0.05, 0.1) is 14.2 Å². The summed E-state index contributed by atoms with van der Waals surface area (Å²) in [6.07, 6.45) is 0. The number of ether oxygens (including phenoxy) is 2. The van der Waals surface area contributed by atoms with E-state index in [4.69, 9.17) is 4.74 Å². The summed E-state index contributed by atoms with van der Waals surface area (Å²) in [6.45, 7) is 0. The minimum Gasteiger partial charge on any atom is -0.494 e. The number of carbonyl (C=O) groups is 1. The Balaban J connectivity index is 2.58. The second-order valence-corrected chi connectivity index (χ2v) is 3.25. The van der Waals surface area contributed by atoms with Gasteiger partial charge in [-0.15, -0.1) is 0 Å². The number of rotatable bonds is 2. The van der Waals surface area contributed by atoms with E-state index in [2.05, 4.69) is 9.72 Å². The number of H-pyrrole nitrogens is 1. The monoisotopic (exact) mass is 223 g/mol. The van der Waals surface area contributed by atoms with Crippen molar-refractivity contribution in [3.05, 3.63) is 29.7 Å². The van der Waals surface area contributed by atoms with Gasteiger partial charge < -0.3 is 14.5 Å². The van der Waals surface area contributed by atoms with Gasteiger partial charge in [-0.05, 0) is 12.1 Å². The summed E-state index contributed by atoms with van der Waals surface area (Å²) >= 11 is 0. The quantitative estimate of drug-likeness (QED) is 0.793. The van der Waals surface area contributed by atoms with Crippen molar-refractivity contribution in [3.63, 3.8) is 0 Å². The van der Waals surface area contributed by atoms with Gasteiger partial charge in [-0.25, -0.2) is 9.18 Å². The van der Waals surface area contributed by atoms with Gasteiger partial charge in [0.15, 0.2) is 11.6 Å². The van der Waals surface area contributed by atoms with E-state index in [9.17, 15) is 9.18 Å². The standard InChI is InChI=1S/C11H10FNO3/c1-15-10-4-6-3-9(11(14)16-2)13-8(6)5-7(10)12/h3-5,13H,1-2H3. The van der Waals surface area contributed by atoms with Crippen molar-refractivity contribution in [1.82, 2.24) is 4.98 Å². The van der Waals surface area contributed by atoms with Gasteiger partial charge in [0, 0.05) is 17.0 Å². The molecule has 84 valence electrons. The Morgan fingerprint density at radius 1 is 1.31 bits per heavy atom. The van der Waals surface area contributed by atoms with E-state index >= 15 is 0 Å². The topological polar surface area (TPSA) is 51.3 Å². The summed E-state index contributed by atoms with van der Waals surface area (Å²) in [4.78, 5) is 14.0. The Morgan fingerprint density at radius 2 is 2.06 bits per heavy atom. The fourth-order valence-electron chi connectivity index (χ4n) is 1.51. The lowest BCUT2D eigenvalue weighted by atomic mass is 10.2. The van der Waals surface area contributed by atoms with Crippen LogP contribution in [0.1, 0.15) is 10.5 Å². The smallest absolute Gasteiger partial charge is 0.354 e. The van der Waals surface area contributed by atoms with Gasteiger partial charge in [0.25, 0.3) is 0 Å². The predicted octanol–water partition coefficient (Wildman–Crippen LogP) is 2.10. The van der Waals surface area contributed by atoms with Gasteiger partial charge in [0.2, 0.25) is 0 Å². The Kier molecular flexibility index (Phi) is 2.52. The summed E-state index contributed by atoms with van der Waals surface area (Å²) in [6, 6.07) is 4.39. The maximum absolute atomic E-state index is 13.4. The number of fused-ring (bicyclic) bond motifs is 1. The van der Waals surface area contributed by atoms with Crippen molar-refractivity contribution < 1.29 is 18.7 Å². The van der Waals surface area contributed by atoms with Crippen LogP contribution in [0, 0.1) is 5.82 Å². The van der Waals surface area contributed by atoms with Crippen LogP contribution in [0.4, 0.5) is 4.39 Å². The highest BCUT2D eigenvalue weighted by Gasteiger charge is 2.12. The number of esters is 1. The number of aromatic amines is 1. The average molecular weight is 223 g/mol. The molecule has 1 heterocycles. The number of hydrogen-bond donors (Lipinski definition) is 1. The second kappa shape index (κ2) is 3.84. The van der Waals surface area contributed by atoms with E-state index in [1.54, 1.807) is 6.07 Å². The fourth-order valence-corrected chi connectivity index (χ4v) is 1.51. The number of carbonyl (C=O) groups excluding carboxylic acids is 1. The van der Waals surface area contributed by atoms with Crippen LogP contribution < -0.4 is 4.74 Å². The zero-order chi connectivity index (χ0) is 11.7. The predicted molar refractivity (Wildman–Crippen MR) is 56.1 cm³/mol. The van der Waals surface area contributed by atoms with E-state index < -0.39 is 11.8 Å². The fraction of sp³-hybridized carbons (Fsp3) is 0.182. The molecule has 0 saturated carbocycles. The number of halogens is 1. The normalized spacial score (nSPS) is 10.4. The molecule has 4 nitrogen and oxygen atoms in total. The van der Waals surface area contributed by atoms with Crippen LogP contribution in [0.5, 0.6) is 5.75 Å². The average Bonchev–Trinajstić information content (AvgIpc) is 2.69. The van der Waals surface area contributed by atoms with Crippen LogP contribution in [0.25, 0.3) is 10.9 Å². The van der Waals surface area contributed by atoms with Crippen molar-refractivity contribution in [2.45, 2.75) is 0 Å². The van der Waals surface area contributed by atoms with E-state index in [1.165, 1.54) is 26.4 Å². The van der Waals surface area contributed by atoms with E-state index in [-0.39, 0.29) is 11.4 Å². The molecule has 0 saturated heterocycles. The number of nitrogens with one attached hydrogen (secondary N) is 1. The Morgan fingerprint density at radius 3 is 2.69 bits per heavy atom. The lowest BCUT2D eigenvalue weighted by Gasteiger charge is -2.00. The third-order valence-corrected chi connectivity index (χ3v) is 2.30. The largest absolute Gasteiger partial charge is 0.494 e. The highest BCUT2D eigenvalue weighted by Crippen LogP contribution is 2.25. The van der Waals surface area contributed by atoms with Gasteiger partial charge >= 0.3 is 5.97 Å². The van der Waals surface area contributed by atoms with Crippen LogP contribution in [-0.4, -0.2) is 25.2 Å². The first kappa shape index (κ1) is 10.5. The molecule has 2 aromatic rings. The first-order valence-electron chi connectivity index (χ1n) is 4.60. The zero-order valence-corrected chi connectivity index (χ0v) is 8.83. The molecule has 1 aromatic heterocycles. The highest BCUT2D eigenvalue weighted by molar-refractivity contribution is 5.95. The third kappa shape index (κ3) is 1.60. The first-order chi connectivity index (χ1) is 7.65. The van der Waals surface area contributed by atoms with Crippen molar-refractivity contribution in [2.75, 3.05) is 14.2 Å². The van der Waals surface area contributed by atoms with Gasteiger partial charge in [-0.2, -0.15) is 0 Å². The Hall–Kier alpha value is -2.04. The highest BCUT2D eigenvalue weighted by atomic mass is 19.1. The molecule has 0 spiro atoms. The minimum absolute atomic E-state index is 0.142. The molecule has 1 N–H and O–H groups in total. The molecule has 0 fully saturated rings. The molecule has 1 aromatic carbocycles. The number of benzene rings is 1. The minimum atomic E-state index is -0.490. The molecule has 0 radical (unpaired) electrons. The van der Waals surface area contributed by atoms with E-state index in [0.29, 0.717) is 10.9 Å². The Bertz CT molecular complexity index is 547. The maximum Gasteiger partial charge on any atom is 0.354 e. The molecular weight excluding hydrogens is 213 g/mol. The van der Waals surface area contributed by atoms with Gasteiger partial charge in [-0.3, -0.25) is 0 Å². The molecule has 0 aliphatic carbocycles. The summed E-state index contributed by atoms with van der Waals surface area (Å²) in [5.74, 6) is -0.827. The van der Waals surface area contributed by atoms with Crippen molar-refractivity contribution in [3.8, 4) is 5.75 Å². The number of aromatic nitrogens is 1. The molecule has 0 aliphatic heterocycles. The lowest BCUT2D eigenvalue weighted by molar-refractivity contribution is 0.0595.